The molecule has 9 nitrogen and oxygen atoms in total. The Bertz CT molecular complexity index is 570. The molecule has 108 valence electrons. The van der Waals surface area contributed by atoms with Gasteiger partial charge >= 0.3 is 0 Å². The van der Waals surface area contributed by atoms with Crippen LogP contribution in [-0.4, -0.2) is 27.3 Å². The van der Waals surface area contributed by atoms with E-state index >= 15 is 0 Å². The lowest BCUT2D eigenvalue weighted by Crippen LogP contribution is -2.46. The van der Waals surface area contributed by atoms with Gasteiger partial charge in [0, 0.05) is 12.0 Å². The van der Waals surface area contributed by atoms with Crippen molar-refractivity contribution in [2.24, 2.45) is 5.73 Å². The molecular formula is C11H15N5O4. The zero-order chi connectivity index (χ0) is 15.5. The van der Waals surface area contributed by atoms with Gasteiger partial charge in [-0.05, 0) is 19.9 Å². The summed E-state index contributed by atoms with van der Waals surface area (Å²) in [6.45, 7) is 3.15. The number of amides is 2. The van der Waals surface area contributed by atoms with E-state index in [1.807, 2.05) is 0 Å². The van der Waals surface area contributed by atoms with Crippen molar-refractivity contribution in [1.29, 1.82) is 0 Å². The van der Waals surface area contributed by atoms with E-state index in [9.17, 15) is 19.7 Å². The number of anilines is 1. The fraction of sp³-hybridized carbons (Fsp3) is 0.364. The number of nitro groups is 1. The van der Waals surface area contributed by atoms with Crippen molar-refractivity contribution in [2.75, 3.05) is 5.73 Å². The summed E-state index contributed by atoms with van der Waals surface area (Å²) in [5.41, 5.74) is 8.86. The Morgan fingerprint density at radius 2 is 2.10 bits per heavy atom. The average molecular weight is 281 g/mol. The van der Waals surface area contributed by atoms with Gasteiger partial charge in [-0.15, -0.1) is 0 Å². The van der Waals surface area contributed by atoms with Crippen LogP contribution in [0.3, 0.4) is 0 Å². The molecule has 0 unspecified atom stereocenters. The fourth-order valence-electron chi connectivity index (χ4n) is 1.65. The Morgan fingerprint density at radius 1 is 1.50 bits per heavy atom. The van der Waals surface area contributed by atoms with E-state index in [2.05, 4.69) is 10.3 Å². The third-order valence-corrected chi connectivity index (χ3v) is 2.41. The number of carbonyl (C=O) groups excluding carboxylic acids is 2. The Labute approximate surface area is 114 Å². The normalized spacial score (nSPS) is 10.9. The summed E-state index contributed by atoms with van der Waals surface area (Å²) >= 11 is 0. The van der Waals surface area contributed by atoms with E-state index in [1.54, 1.807) is 13.8 Å². The van der Waals surface area contributed by atoms with Crippen LogP contribution in [0.2, 0.25) is 0 Å². The number of carbonyl (C=O) groups is 2. The van der Waals surface area contributed by atoms with E-state index < -0.39 is 28.0 Å². The highest BCUT2D eigenvalue weighted by Gasteiger charge is 2.27. The minimum Gasteiger partial charge on any atom is -0.384 e. The smallest absolute Gasteiger partial charge is 0.300 e. The van der Waals surface area contributed by atoms with E-state index in [-0.39, 0.29) is 17.8 Å². The molecule has 0 aromatic carbocycles. The molecule has 0 fully saturated rings. The molecule has 2 amide bonds. The molecule has 0 saturated heterocycles. The fourth-order valence-corrected chi connectivity index (χ4v) is 1.65. The van der Waals surface area contributed by atoms with Crippen LogP contribution in [0.4, 0.5) is 11.5 Å². The van der Waals surface area contributed by atoms with E-state index in [0.29, 0.717) is 0 Å². The Morgan fingerprint density at radius 3 is 2.60 bits per heavy atom. The van der Waals surface area contributed by atoms with Crippen molar-refractivity contribution in [3.63, 3.8) is 0 Å². The van der Waals surface area contributed by atoms with Crippen LogP contribution >= 0.6 is 0 Å². The lowest BCUT2D eigenvalue weighted by Gasteiger charge is -2.24. The van der Waals surface area contributed by atoms with Crippen molar-refractivity contribution in [1.82, 2.24) is 10.3 Å². The SMILES string of the molecule is CC(C)(CC(N)=O)NC(=O)c1cc(N)ncc1[N+](=O)[O-]. The zero-order valence-corrected chi connectivity index (χ0v) is 11.0. The van der Waals surface area contributed by atoms with Gasteiger partial charge in [-0.25, -0.2) is 4.98 Å². The first kappa shape index (κ1) is 15.3. The largest absolute Gasteiger partial charge is 0.384 e. The molecule has 0 aliphatic carbocycles. The summed E-state index contributed by atoms with van der Waals surface area (Å²) in [5.74, 6) is -1.34. The molecule has 1 aromatic rings. The first-order chi connectivity index (χ1) is 9.12. The predicted molar refractivity (Wildman–Crippen MR) is 70.7 cm³/mol. The Balaban J connectivity index is 3.06. The molecule has 0 spiro atoms. The van der Waals surface area contributed by atoms with Crippen molar-refractivity contribution in [2.45, 2.75) is 25.8 Å². The molecule has 1 aromatic heterocycles. The minimum absolute atomic E-state index is 0.0199. The third-order valence-electron chi connectivity index (χ3n) is 2.41. The second-order valence-corrected chi connectivity index (χ2v) is 4.86. The highest BCUT2D eigenvalue weighted by molar-refractivity contribution is 5.99. The average Bonchev–Trinajstić information content (AvgIpc) is 2.25. The number of hydrogen-bond donors (Lipinski definition) is 3. The molecule has 1 rings (SSSR count). The second kappa shape index (κ2) is 5.51. The maximum Gasteiger partial charge on any atom is 0.300 e. The first-order valence-electron chi connectivity index (χ1n) is 5.63. The minimum atomic E-state index is -0.936. The van der Waals surface area contributed by atoms with Gasteiger partial charge in [0.05, 0.1) is 4.92 Å². The van der Waals surface area contributed by atoms with Gasteiger partial charge in [-0.3, -0.25) is 19.7 Å². The molecular weight excluding hydrogens is 266 g/mol. The van der Waals surface area contributed by atoms with Crippen LogP contribution in [0.1, 0.15) is 30.6 Å². The summed E-state index contributed by atoms with van der Waals surface area (Å²) in [6.07, 6.45) is 0.804. The number of rotatable bonds is 5. The lowest BCUT2D eigenvalue weighted by molar-refractivity contribution is -0.385. The maximum absolute atomic E-state index is 12.1. The van der Waals surface area contributed by atoms with Gasteiger partial charge in [-0.2, -0.15) is 0 Å². The third kappa shape index (κ3) is 3.90. The number of pyridine rings is 1. The Hall–Kier alpha value is -2.71. The predicted octanol–water partition coefficient (Wildman–Crippen LogP) is -0.0442. The van der Waals surface area contributed by atoms with Crippen LogP contribution in [0.15, 0.2) is 12.3 Å². The van der Waals surface area contributed by atoms with Gasteiger partial charge in [0.15, 0.2) is 0 Å². The summed E-state index contributed by atoms with van der Waals surface area (Å²) in [4.78, 5) is 36.7. The molecule has 0 saturated carbocycles. The quantitative estimate of drug-likeness (QED) is 0.508. The molecule has 9 heteroatoms. The van der Waals surface area contributed by atoms with Gasteiger partial charge < -0.3 is 16.8 Å². The highest BCUT2D eigenvalue weighted by atomic mass is 16.6. The lowest BCUT2D eigenvalue weighted by atomic mass is 9.99. The van der Waals surface area contributed by atoms with Gasteiger partial charge in [0.2, 0.25) is 5.91 Å². The van der Waals surface area contributed by atoms with Gasteiger partial charge in [0.25, 0.3) is 11.6 Å². The number of hydrogen-bond acceptors (Lipinski definition) is 6. The molecule has 0 radical (unpaired) electrons. The number of nitrogen functional groups attached to an aromatic ring is 1. The molecule has 0 atom stereocenters. The van der Waals surface area contributed by atoms with Crippen molar-refractivity contribution < 1.29 is 14.5 Å². The van der Waals surface area contributed by atoms with Crippen LogP contribution in [-0.2, 0) is 4.79 Å². The number of nitrogens with two attached hydrogens (primary N) is 2. The summed E-state index contributed by atoms with van der Waals surface area (Å²) in [6, 6.07) is 1.10. The molecule has 1 heterocycles. The number of nitrogens with one attached hydrogen (secondary N) is 1. The van der Waals surface area contributed by atoms with Crippen LogP contribution < -0.4 is 16.8 Å². The second-order valence-electron chi connectivity index (χ2n) is 4.86. The molecule has 0 aliphatic heterocycles. The molecule has 20 heavy (non-hydrogen) atoms. The molecule has 5 N–H and O–H groups in total. The summed E-state index contributed by atoms with van der Waals surface area (Å²) < 4.78 is 0. The number of aromatic nitrogens is 1. The van der Waals surface area contributed by atoms with E-state index in [4.69, 9.17) is 11.5 Å². The van der Waals surface area contributed by atoms with Crippen LogP contribution in [0, 0.1) is 10.1 Å². The number of primary amides is 1. The molecule has 0 bridgehead atoms. The van der Waals surface area contributed by atoms with Crippen LogP contribution in [0.5, 0.6) is 0 Å². The highest BCUT2D eigenvalue weighted by Crippen LogP contribution is 2.20. The van der Waals surface area contributed by atoms with Crippen molar-refractivity contribution >= 4 is 23.3 Å². The maximum atomic E-state index is 12.1. The van der Waals surface area contributed by atoms with Crippen molar-refractivity contribution in [3.8, 4) is 0 Å². The topological polar surface area (TPSA) is 154 Å². The summed E-state index contributed by atoms with van der Waals surface area (Å²) in [7, 11) is 0. The number of nitrogens with zero attached hydrogens (tertiary/aromatic N) is 2. The standard InChI is InChI=1S/C11H15N5O4/c1-11(2,4-9(13)17)15-10(18)6-3-8(12)14-5-7(6)16(19)20/h3,5H,4H2,1-2H3,(H2,12,14)(H2,13,17)(H,15,18). The van der Waals surface area contributed by atoms with Gasteiger partial charge in [-0.1, -0.05) is 0 Å². The first-order valence-corrected chi connectivity index (χ1v) is 5.63. The van der Waals surface area contributed by atoms with E-state index in [0.717, 1.165) is 12.3 Å². The summed E-state index contributed by atoms with van der Waals surface area (Å²) in [5, 5.41) is 13.4. The van der Waals surface area contributed by atoms with Crippen LogP contribution in [0.25, 0.3) is 0 Å². The van der Waals surface area contributed by atoms with E-state index in [1.165, 1.54) is 0 Å². The van der Waals surface area contributed by atoms with Crippen molar-refractivity contribution in [3.05, 3.63) is 27.9 Å². The zero-order valence-electron chi connectivity index (χ0n) is 11.0. The monoisotopic (exact) mass is 281 g/mol. The van der Waals surface area contributed by atoms with Gasteiger partial charge in [0.1, 0.15) is 17.6 Å². The molecule has 0 aliphatic rings. The Kier molecular flexibility index (Phi) is 4.23.